The molecule has 0 atom stereocenters. The molecule has 3 nitrogen and oxygen atoms in total. The minimum absolute atomic E-state index is 0.0314. The molecular formula is C15H20BrNO2. The first-order valence-electron chi connectivity index (χ1n) is 6.40. The topological polar surface area (TPSA) is 38.3 Å². The van der Waals surface area contributed by atoms with Crippen LogP contribution in [0.4, 0.5) is 0 Å². The van der Waals surface area contributed by atoms with Crippen molar-refractivity contribution >= 4 is 21.8 Å². The van der Waals surface area contributed by atoms with E-state index in [4.69, 9.17) is 4.74 Å². The van der Waals surface area contributed by atoms with Crippen LogP contribution in [-0.2, 0) is 0 Å². The summed E-state index contributed by atoms with van der Waals surface area (Å²) in [6, 6.07) is 5.43. The molecule has 0 bridgehead atoms. The Morgan fingerprint density at radius 1 is 1.47 bits per heavy atom. The SMILES string of the molecule is C/C=C/CCNC(=O)c1ccc(Br)cc1OC(C)C. The Balaban J connectivity index is 2.77. The fraction of sp³-hybridized carbons (Fsp3) is 0.400. The van der Waals surface area contributed by atoms with Crippen LogP contribution in [-0.4, -0.2) is 18.6 Å². The van der Waals surface area contributed by atoms with Gasteiger partial charge in [-0.1, -0.05) is 28.1 Å². The maximum absolute atomic E-state index is 12.1. The van der Waals surface area contributed by atoms with E-state index in [1.807, 2.05) is 45.1 Å². The predicted octanol–water partition coefficient (Wildman–Crippen LogP) is 3.93. The van der Waals surface area contributed by atoms with Gasteiger partial charge in [0.1, 0.15) is 5.75 Å². The van der Waals surface area contributed by atoms with Crippen LogP contribution in [0.5, 0.6) is 5.75 Å². The van der Waals surface area contributed by atoms with E-state index in [1.54, 1.807) is 6.07 Å². The average molecular weight is 326 g/mol. The Morgan fingerprint density at radius 2 is 2.21 bits per heavy atom. The molecule has 0 aliphatic rings. The van der Waals surface area contributed by atoms with Gasteiger partial charge in [0.15, 0.2) is 0 Å². The number of hydrogen-bond acceptors (Lipinski definition) is 2. The molecule has 0 unspecified atom stereocenters. The molecule has 1 aromatic carbocycles. The number of carbonyl (C=O) groups excluding carboxylic acids is 1. The largest absolute Gasteiger partial charge is 0.490 e. The maximum Gasteiger partial charge on any atom is 0.255 e. The molecule has 0 radical (unpaired) electrons. The fourth-order valence-corrected chi connectivity index (χ4v) is 1.91. The number of rotatable bonds is 6. The normalized spacial score (nSPS) is 11.0. The highest BCUT2D eigenvalue weighted by Crippen LogP contribution is 2.24. The summed E-state index contributed by atoms with van der Waals surface area (Å²) in [6.07, 6.45) is 4.86. The van der Waals surface area contributed by atoms with Crippen molar-refractivity contribution < 1.29 is 9.53 Å². The van der Waals surface area contributed by atoms with Crippen molar-refractivity contribution in [2.75, 3.05) is 6.54 Å². The van der Waals surface area contributed by atoms with Gasteiger partial charge < -0.3 is 10.1 Å². The summed E-state index contributed by atoms with van der Waals surface area (Å²) in [5, 5.41) is 2.88. The third-order valence-corrected chi connectivity index (χ3v) is 2.88. The molecule has 0 heterocycles. The molecule has 1 aromatic rings. The summed E-state index contributed by atoms with van der Waals surface area (Å²) in [4.78, 5) is 12.1. The molecule has 0 aromatic heterocycles. The highest BCUT2D eigenvalue weighted by Gasteiger charge is 2.13. The molecule has 0 spiro atoms. The lowest BCUT2D eigenvalue weighted by atomic mass is 10.2. The van der Waals surface area contributed by atoms with E-state index in [-0.39, 0.29) is 12.0 Å². The third-order valence-electron chi connectivity index (χ3n) is 2.38. The predicted molar refractivity (Wildman–Crippen MR) is 81.7 cm³/mol. The summed E-state index contributed by atoms with van der Waals surface area (Å²) in [5.74, 6) is 0.501. The van der Waals surface area contributed by atoms with Gasteiger partial charge in [-0.2, -0.15) is 0 Å². The van der Waals surface area contributed by atoms with E-state index < -0.39 is 0 Å². The quantitative estimate of drug-likeness (QED) is 0.635. The first kappa shape index (κ1) is 15.8. The second-order valence-electron chi connectivity index (χ2n) is 4.42. The molecule has 0 saturated heterocycles. The summed E-state index contributed by atoms with van der Waals surface area (Å²) in [5.41, 5.74) is 0.567. The summed E-state index contributed by atoms with van der Waals surface area (Å²) in [7, 11) is 0. The van der Waals surface area contributed by atoms with E-state index in [2.05, 4.69) is 21.2 Å². The minimum Gasteiger partial charge on any atom is -0.490 e. The van der Waals surface area contributed by atoms with Crippen molar-refractivity contribution in [1.29, 1.82) is 0 Å². The van der Waals surface area contributed by atoms with E-state index in [0.29, 0.717) is 17.9 Å². The van der Waals surface area contributed by atoms with Crippen molar-refractivity contribution in [2.45, 2.75) is 33.3 Å². The van der Waals surface area contributed by atoms with Crippen LogP contribution in [0.1, 0.15) is 37.6 Å². The van der Waals surface area contributed by atoms with Crippen molar-refractivity contribution in [3.8, 4) is 5.75 Å². The number of benzene rings is 1. The van der Waals surface area contributed by atoms with Gasteiger partial charge in [0, 0.05) is 11.0 Å². The summed E-state index contributed by atoms with van der Waals surface area (Å²) in [6.45, 7) is 6.47. The van der Waals surface area contributed by atoms with Crippen LogP contribution in [0, 0.1) is 0 Å². The zero-order chi connectivity index (χ0) is 14.3. The van der Waals surface area contributed by atoms with Crippen LogP contribution in [0.3, 0.4) is 0 Å². The number of hydrogen-bond donors (Lipinski definition) is 1. The Kier molecular flexibility index (Phi) is 6.64. The van der Waals surface area contributed by atoms with Gasteiger partial charge >= 0.3 is 0 Å². The summed E-state index contributed by atoms with van der Waals surface area (Å²) >= 11 is 3.39. The second-order valence-corrected chi connectivity index (χ2v) is 5.34. The fourth-order valence-electron chi connectivity index (χ4n) is 1.57. The highest BCUT2D eigenvalue weighted by atomic mass is 79.9. The molecule has 0 fully saturated rings. The molecule has 0 saturated carbocycles. The van der Waals surface area contributed by atoms with Crippen molar-refractivity contribution in [2.24, 2.45) is 0 Å². The van der Waals surface area contributed by atoms with E-state index in [1.165, 1.54) is 0 Å². The lowest BCUT2D eigenvalue weighted by molar-refractivity contribution is 0.0948. The molecule has 4 heteroatoms. The van der Waals surface area contributed by atoms with Crippen molar-refractivity contribution in [1.82, 2.24) is 5.32 Å². The van der Waals surface area contributed by atoms with Gasteiger partial charge in [-0.05, 0) is 45.4 Å². The molecule has 0 aliphatic heterocycles. The lowest BCUT2D eigenvalue weighted by Crippen LogP contribution is -2.25. The van der Waals surface area contributed by atoms with Gasteiger partial charge in [0.25, 0.3) is 5.91 Å². The smallest absolute Gasteiger partial charge is 0.255 e. The van der Waals surface area contributed by atoms with Gasteiger partial charge in [-0.25, -0.2) is 0 Å². The number of amides is 1. The molecule has 104 valence electrons. The monoisotopic (exact) mass is 325 g/mol. The molecule has 19 heavy (non-hydrogen) atoms. The molecule has 1 N–H and O–H groups in total. The number of nitrogens with one attached hydrogen (secondary N) is 1. The van der Waals surface area contributed by atoms with Gasteiger partial charge in [0.2, 0.25) is 0 Å². The van der Waals surface area contributed by atoms with Crippen molar-refractivity contribution in [3.05, 3.63) is 40.4 Å². The Bertz CT molecular complexity index is 455. The van der Waals surface area contributed by atoms with Crippen LogP contribution in [0.2, 0.25) is 0 Å². The van der Waals surface area contributed by atoms with Gasteiger partial charge in [-0.3, -0.25) is 4.79 Å². The van der Waals surface area contributed by atoms with Gasteiger partial charge in [-0.15, -0.1) is 0 Å². The Morgan fingerprint density at radius 3 is 2.84 bits per heavy atom. The minimum atomic E-state index is -0.104. The zero-order valence-electron chi connectivity index (χ0n) is 11.6. The molecule has 1 amide bonds. The van der Waals surface area contributed by atoms with Crippen LogP contribution in [0.15, 0.2) is 34.8 Å². The Labute approximate surface area is 123 Å². The number of ether oxygens (including phenoxy) is 1. The zero-order valence-corrected chi connectivity index (χ0v) is 13.2. The molecular weight excluding hydrogens is 306 g/mol. The van der Waals surface area contributed by atoms with Crippen LogP contribution in [0.25, 0.3) is 0 Å². The first-order chi connectivity index (χ1) is 9.04. The third kappa shape index (κ3) is 5.47. The second kappa shape index (κ2) is 8.00. The first-order valence-corrected chi connectivity index (χ1v) is 7.19. The average Bonchev–Trinajstić information content (AvgIpc) is 2.34. The van der Waals surface area contributed by atoms with E-state index in [9.17, 15) is 4.79 Å². The van der Waals surface area contributed by atoms with E-state index >= 15 is 0 Å². The number of allylic oxidation sites excluding steroid dienone is 1. The number of halogens is 1. The molecule has 0 aliphatic carbocycles. The Hall–Kier alpha value is -1.29. The van der Waals surface area contributed by atoms with Crippen LogP contribution < -0.4 is 10.1 Å². The lowest BCUT2D eigenvalue weighted by Gasteiger charge is -2.14. The standard InChI is InChI=1S/C15H20BrNO2/c1-4-5-6-9-17-15(18)13-8-7-12(16)10-14(13)19-11(2)3/h4-5,7-8,10-11H,6,9H2,1-3H3,(H,17,18)/b5-4+. The van der Waals surface area contributed by atoms with E-state index in [0.717, 1.165) is 10.9 Å². The van der Waals surface area contributed by atoms with Crippen molar-refractivity contribution in [3.63, 3.8) is 0 Å². The maximum atomic E-state index is 12.1. The summed E-state index contributed by atoms with van der Waals surface area (Å²) < 4.78 is 6.57. The van der Waals surface area contributed by atoms with Gasteiger partial charge in [0.05, 0.1) is 11.7 Å². The molecule has 1 rings (SSSR count). The number of carbonyl (C=O) groups is 1. The highest BCUT2D eigenvalue weighted by molar-refractivity contribution is 9.10. The van der Waals surface area contributed by atoms with Crippen LogP contribution >= 0.6 is 15.9 Å².